The highest BCUT2D eigenvalue weighted by atomic mass is 35.5. The van der Waals surface area contributed by atoms with Crippen molar-refractivity contribution in [2.75, 3.05) is 20.1 Å². The molecule has 0 saturated carbocycles. The number of halogens is 1. The Morgan fingerprint density at radius 2 is 2.40 bits per heavy atom. The first-order chi connectivity index (χ1) is 7.24. The van der Waals surface area contributed by atoms with E-state index in [9.17, 15) is 0 Å². The Labute approximate surface area is 95.6 Å². The van der Waals surface area contributed by atoms with Crippen molar-refractivity contribution in [2.45, 2.75) is 6.42 Å². The second-order valence-electron chi connectivity index (χ2n) is 4.08. The highest BCUT2D eigenvalue weighted by Gasteiger charge is 2.15. The second-order valence-corrected chi connectivity index (χ2v) is 4.47. The Balaban J connectivity index is 1.96. The van der Waals surface area contributed by atoms with Crippen molar-refractivity contribution in [3.05, 3.63) is 35.1 Å². The minimum atomic E-state index is 0.549. The van der Waals surface area contributed by atoms with Crippen LogP contribution in [-0.2, 0) is 0 Å². The molecule has 1 aliphatic rings. The van der Waals surface area contributed by atoms with Crippen LogP contribution in [0.15, 0.2) is 24.4 Å². The van der Waals surface area contributed by atoms with Crippen molar-refractivity contribution >= 4 is 17.7 Å². The molecule has 0 radical (unpaired) electrons. The molecule has 0 spiro atoms. The highest BCUT2D eigenvalue weighted by Crippen LogP contribution is 2.17. The molecule has 1 aliphatic heterocycles. The third-order valence-corrected chi connectivity index (χ3v) is 2.96. The summed E-state index contributed by atoms with van der Waals surface area (Å²) in [5.74, 6) is 0.686. The topological polar surface area (TPSA) is 16.1 Å². The fourth-order valence-corrected chi connectivity index (χ4v) is 1.97. The average molecular weight is 223 g/mol. The predicted molar refractivity (Wildman–Crippen MR) is 63.9 cm³/mol. The van der Waals surface area contributed by atoms with Crippen LogP contribution in [0.1, 0.15) is 12.0 Å². The lowest BCUT2D eigenvalue weighted by molar-refractivity contribution is 0.408. The van der Waals surface area contributed by atoms with Gasteiger partial charge in [-0.25, -0.2) is 4.98 Å². The Morgan fingerprint density at radius 3 is 3.00 bits per heavy atom. The van der Waals surface area contributed by atoms with Crippen LogP contribution >= 0.6 is 11.6 Å². The molecule has 2 heterocycles. The summed E-state index contributed by atoms with van der Waals surface area (Å²) in [5.41, 5.74) is 1.12. The molecular weight excluding hydrogens is 208 g/mol. The molecule has 3 heteroatoms. The minimum absolute atomic E-state index is 0.549. The lowest BCUT2D eigenvalue weighted by Gasteiger charge is -2.05. The number of hydrogen-bond donors (Lipinski definition) is 0. The molecule has 80 valence electrons. The fourth-order valence-electron chi connectivity index (χ4n) is 1.86. The Kier molecular flexibility index (Phi) is 3.39. The van der Waals surface area contributed by atoms with Crippen molar-refractivity contribution in [3.63, 3.8) is 0 Å². The molecule has 1 aromatic rings. The molecule has 0 aromatic carbocycles. The molecule has 1 unspecified atom stereocenters. The summed E-state index contributed by atoms with van der Waals surface area (Å²) in [4.78, 5) is 6.40. The van der Waals surface area contributed by atoms with Crippen molar-refractivity contribution in [2.24, 2.45) is 5.92 Å². The van der Waals surface area contributed by atoms with Gasteiger partial charge in [0.05, 0.1) is 0 Å². The molecule has 0 bridgehead atoms. The highest BCUT2D eigenvalue weighted by molar-refractivity contribution is 6.29. The van der Waals surface area contributed by atoms with Crippen LogP contribution in [0, 0.1) is 5.92 Å². The molecule has 2 rings (SSSR count). The van der Waals surface area contributed by atoms with Crippen LogP contribution in [0.2, 0.25) is 5.15 Å². The zero-order valence-corrected chi connectivity index (χ0v) is 9.61. The molecule has 2 nitrogen and oxygen atoms in total. The van der Waals surface area contributed by atoms with E-state index in [1.54, 1.807) is 6.20 Å². The van der Waals surface area contributed by atoms with Gasteiger partial charge in [0, 0.05) is 12.7 Å². The van der Waals surface area contributed by atoms with Gasteiger partial charge in [-0.3, -0.25) is 0 Å². The van der Waals surface area contributed by atoms with Crippen LogP contribution < -0.4 is 0 Å². The van der Waals surface area contributed by atoms with E-state index in [0.29, 0.717) is 11.1 Å². The number of pyridine rings is 1. The van der Waals surface area contributed by atoms with E-state index in [1.807, 2.05) is 12.1 Å². The van der Waals surface area contributed by atoms with Gasteiger partial charge in [-0.15, -0.1) is 0 Å². The van der Waals surface area contributed by atoms with Crippen LogP contribution in [0.25, 0.3) is 6.08 Å². The van der Waals surface area contributed by atoms with Gasteiger partial charge in [0.2, 0.25) is 0 Å². The monoisotopic (exact) mass is 222 g/mol. The Morgan fingerprint density at radius 1 is 1.53 bits per heavy atom. The molecular formula is C12H15ClN2. The lowest BCUT2D eigenvalue weighted by Crippen LogP contribution is -2.13. The maximum Gasteiger partial charge on any atom is 0.129 e. The van der Waals surface area contributed by atoms with Gasteiger partial charge in [0.15, 0.2) is 0 Å². The summed E-state index contributed by atoms with van der Waals surface area (Å²) in [6.07, 6.45) is 7.47. The van der Waals surface area contributed by atoms with Gasteiger partial charge in [-0.1, -0.05) is 29.8 Å². The number of likely N-dealkylation sites (tertiary alicyclic amines) is 1. The van der Waals surface area contributed by atoms with E-state index in [4.69, 9.17) is 11.6 Å². The molecule has 1 fully saturated rings. The number of rotatable bonds is 2. The molecule has 0 N–H and O–H groups in total. The molecule has 1 saturated heterocycles. The first-order valence-corrected chi connectivity index (χ1v) is 5.60. The van der Waals surface area contributed by atoms with E-state index in [1.165, 1.54) is 13.0 Å². The first-order valence-electron chi connectivity index (χ1n) is 5.22. The maximum absolute atomic E-state index is 5.72. The molecule has 1 aromatic heterocycles. The number of hydrogen-bond acceptors (Lipinski definition) is 2. The Bertz CT molecular complexity index is 345. The Hall–Kier alpha value is -0.860. The average Bonchev–Trinajstić information content (AvgIpc) is 2.64. The molecule has 15 heavy (non-hydrogen) atoms. The van der Waals surface area contributed by atoms with E-state index >= 15 is 0 Å². The van der Waals surface area contributed by atoms with Crippen LogP contribution in [0.3, 0.4) is 0 Å². The van der Waals surface area contributed by atoms with E-state index < -0.39 is 0 Å². The van der Waals surface area contributed by atoms with Gasteiger partial charge < -0.3 is 4.90 Å². The first kappa shape index (κ1) is 10.7. The summed E-state index contributed by atoms with van der Waals surface area (Å²) < 4.78 is 0. The smallest absolute Gasteiger partial charge is 0.129 e. The predicted octanol–water partition coefficient (Wildman–Crippen LogP) is 2.70. The molecule has 0 amide bonds. The third-order valence-electron chi connectivity index (χ3n) is 2.74. The van der Waals surface area contributed by atoms with E-state index in [0.717, 1.165) is 12.1 Å². The normalized spacial score (nSPS) is 22.7. The largest absolute Gasteiger partial charge is 0.306 e. The molecule has 0 aliphatic carbocycles. The summed E-state index contributed by atoms with van der Waals surface area (Å²) in [5, 5.41) is 0.549. The van der Waals surface area contributed by atoms with Crippen LogP contribution in [0.5, 0.6) is 0 Å². The summed E-state index contributed by atoms with van der Waals surface area (Å²) in [6, 6.07) is 3.81. The summed E-state index contributed by atoms with van der Waals surface area (Å²) in [7, 11) is 2.16. The van der Waals surface area contributed by atoms with Gasteiger partial charge >= 0.3 is 0 Å². The standard InChI is InChI=1S/C12H15ClN2/c1-15-7-6-11(9-15)3-2-10-4-5-12(13)14-8-10/h2-5,8,11H,6-7,9H2,1H3/b3-2+. The second kappa shape index (κ2) is 4.77. The SMILES string of the molecule is CN1CCC(/C=C/c2ccc(Cl)nc2)C1. The third kappa shape index (κ3) is 3.05. The van der Waals surface area contributed by atoms with Crippen molar-refractivity contribution in [1.29, 1.82) is 0 Å². The lowest BCUT2D eigenvalue weighted by atomic mass is 10.1. The van der Waals surface area contributed by atoms with Crippen LogP contribution in [-0.4, -0.2) is 30.0 Å². The van der Waals surface area contributed by atoms with E-state index in [-0.39, 0.29) is 0 Å². The van der Waals surface area contributed by atoms with Crippen molar-refractivity contribution < 1.29 is 0 Å². The quantitative estimate of drug-likeness (QED) is 0.716. The van der Waals surface area contributed by atoms with Crippen molar-refractivity contribution in [1.82, 2.24) is 9.88 Å². The zero-order valence-electron chi connectivity index (χ0n) is 8.86. The maximum atomic E-state index is 5.72. The number of aromatic nitrogens is 1. The summed E-state index contributed by atoms with van der Waals surface area (Å²) in [6.45, 7) is 2.37. The van der Waals surface area contributed by atoms with Crippen LogP contribution in [0.4, 0.5) is 0 Å². The van der Waals surface area contributed by atoms with Gasteiger partial charge in [0.1, 0.15) is 5.15 Å². The molecule has 1 atom stereocenters. The van der Waals surface area contributed by atoms with Gasteiger partial charge in [0.25, 0.3) is 0 Å². The number of nitrogens with zero attached hydrogens (tertiary/aromatic N) is 2. The minimum Gasteiger partial charge on any atom is -0.306 e. The summed E-state index contributed by atoms with van der Waals surface area (Å²) >= 11 is 5.72. The van der Waals surface area contributed by atoms with Gasteiger partial charge in [-0.05, 0) is 37.6 Å². The van der Waals surface area contributed by atoms with Gasteiger partial charge in [-0.2, -0.15) is 0 Å². The van der Waals surface area contributed by atoms with Crippen molar-refractivity contribution in [3.8, 4) is 0 Å². The fraction of sp³-hybridized carbons (Fsp3) is 0.417. The zero-order chi connectivity index (χ0) is 10.7. The van der Waals surface area contributed by atoms with E-state index in [2.05, 4.69) is 29.1 Å².